The van der Waals surface area contributed by atoms with Crippen molar-refractivity contribution in [1.82, 2.24) is 4.90 Å². The normalized spacial score (nSPS) is 46.1. The van der Waals surface area contributed by atoms with Crippen LogP contribution in [-0.4, -0.2) is 35.1 Å². The van der Waals surface area contributed by atoms with Crippen molar-refractivity contribution in [3.05, 3.63) is 11.6 Å². The third kappa shape index (κ3) is 2.82. The summed E-state index contributed by atoms with van der Waals surface area (Å²) in [5, 5.41) is 10.2. The second-order valence-electron chi connectivity index (χ2n) is 10.3. The number of hydrogen-bond donors (Lipinski definition) is 1. The lowest BCUT2D eigenvalue weighted by molar-refractivity contribution is -0.142. The zero-order chi connectivity index (χ0) is 19.4. The van der Waals surface area contributed by atoms with Crippen molar-refractivity contribution in [1.29, 1.82) is 0 Å². The molecule has 0 aromatic heterocycles. The SMILES string of the molecule is CCN(CC)C(=O)[C@H]1CC[C@H]2[C@@H]3CC=C4C[C@@H](O)CC[C@]4(C)[C@H]3CC[C@]12C. The molecule has 4 aliphatic rings. The van der Waals surface area contributed by atoms with E-state index in [0.717, 1.165) is 50.6 Å². The van der Waals surface area contributed by atoms with Gasteiger partial charge in [-0.2, -0.15) is 0 Å². The van der Waals surface area contributed by atoms with Gasteiger partial charge in [0.2, 0.25) is 5.91 Å². The quantitative estimate of drug-likeness (QED) is 0.722. The smallest absolute Gasteiger partial charge is 0.226 e. The first-order valence-electron chi connectivity index (χ1n) is 11.5. The molecule has 0 unspecified atom stereocenters. The highest BCUT2D eigenvalue weighted by atomic mass is 16.3. The lowest BCUT2D eigenvalue weighted by Gasteiger charge is -2.58. The zero-order valence-corrected chi connectivity index (χ0v) is 17.8. The summed E-state index contributed by atoms with van der Waals surface area (Å²) in [5.41, 5.74) is 2.03. The van der Waals surface area contributed by atoms with Gasteiger partial charge < -0.3 is 10.0 Å². The monoisotopic (exact) mass is 373 g/mol. The second kappa shape index (κ2) is 6.90. The Morgan fingerprint density at radius 1 is 1.11 bits per heavy atom. The van der Waals surface area contributed by atoms with Crippen LogP contribution in [0, 0.1) is 34.5 Å². The van der Waals surface area contributed by atoms with E-state index in [0.29, 0.717) is 17.2 Å². The van der Waals surface area contributed by atoms with Gasteiger partial charge >= 0.3 is 0 Å². The van der Waals surface area contributed by atoms with Gasteiger partial charge in [0, 0.05) is 19.0 Å². The van der Waals surface area contributed by atoms with Crippen LogP contribution in [0.3, 0.4) is 0 Å². The van der Waals surface area contributed by atoms with E-state index < -0.39 is 0 Å². The van der Waals surface area contributed by atoms with Crippen molar-refractivity contribution in [3.8, 4) is 0 Å². The number of fused-ring (bicyclic) bond motifs is 5. The Kier molecular flexibility index (Phi) is 4.98. The standard InChI is InChI=1S/C24H39NO2/c1-5-25(6-2)22(27)21-10-9-19-18-8-7-16-15-17(26)11-13-23(16,3)20(18)12-14-24(19,21)4/h7,17-21,26H,5-6,8-15H2,1-4H3/t17-,18-,19-,20-,21+,23-,24-/m0/s1. The van der Waals surface area contributed by atoms with E-state index in [-0.39, 0.29) is 17.4 Å². The molecule has 0 bridgehead atoms. The number of nitrogens with zero attached hydrogens (tertiary/aromatic N) is 1. The predicted octanol–water partition coefficient (Wildman–Crippen LogP) is 4.79. The lowest BCUT2D eigenvalue weighted by Crippen LogP contribution is -2.52. The van der Waals surface area contributed by atoms with Gasteiger partial charge in [0.15, 0.2) is 0 Å². The topological polar surface area (TPSA) is 40.5 Å². The van der Waals surface area contributed by atoms with Crippen LogP contribution in [0.5, 0.6) is 0 Å². The van der Waals surface area contributed by atoms with Gasteiger partial charge in [-0.15, -0.1) is 0 Å². The van der Waals surface area contributed by atoms with E-state index in [4.69, 9.17) is 0 Å². The van der Waals surface area contributed by atoms with Gasteiger partial charge in [-0.25, -0.2) is 0 Å². The molecule has 1 N–H and O–H groups in total. The van der Waals surface area contributed by atoms with Crippen molar-refractivity contribution in [2.45, 2.75) is 85.2 Å². The Bertz CT molecular complexity index is 624. The van der Waals surface area contributed by atoms with Gasteiger partial charge in [-0.05, 0) is 93.8 Å². The van der Waals surface area contributed by atoms with Crippen molar-refractivity contribution in [2.24, 2.45) is 34.5 Å². The maximum atomic E-state index is 13.2. The molecule has 27 heavy (non-hydrogen) atoms. The maximum absolute atomic E-state index is 13.2. The van der Waals surface area contributed by atoms with Crippen LogP contribution in [0.4, 0.5) is 0 Å². The third-order valence-electron chi connectivity index (χ3n) is 9.45. The van der Waals surface area contributed by atoms with Crippen LogP contribution >= 0.6 is 0 Å². The summed E-state index contributed by atoms with van der Waals surface area (Å²) >= 11 is 0. The number of aliphatic hydroxyl groups is 1. The average Bonchev–Trinajstić information content (AvgIpc) is 3.00. The molecule has 0 saturated heterocycles. The summed E-state index contributed by atoms with van der Waals surface area (Å²) in [6, 6.07) is 0. The Balaban J connectivity index is 1.60. The number of allylic oxidation sites excluding steroid dienone is 1. The van der Waals surface area contributed by atoms with Crippen LogP contribution in [0.25, 0.3) is 0 Å². The molecule has 3 heteroatoms. The van der Waals surface area contributed by atoms with E-state index in [1.165, 1.54) is 25.7 Å². The molecule has 4 aliphatic carbocycles. The first kappa shape index (κ1) is 19.5. The molecule has 152 valence electrons. The molecule has 0 heterocycles. The first-order chi connectivity index (χ1) is 12.8. The van der Waals surface area contributed by atoms with Gasteiger partial charge in [-0.1, -0.05) is 25.5 Å². The van der Waals surface area contributed by atoms with Gasteiger partial charge in [0.25, 0.3) is 0 Å². The molecule has 0 aliphatic heterocycles. The molecule has 0 spiro atoms. The minimum Gasteiger partial charge on any atom is -0.393 e. The summed E-state index contributed by atoms with van der Waals surface area (Å²) < 4.78 is 0. The van der Waals surface area contributed by atoms with Crippen LogP contribution < -0.4 is 0 Å². The fourth-order valence-electron chi connectivity index (χ4n) is 7.80. The maximum Gasteiger partial charge on any atom is 0.226 e. The number of carbonyl (C=O) groups is 1. The predicted molar refractivity (Wildman–Crippen MR) is 109 cm³/mol. The minimum absolute atomic E-state index is 0.128. The number of aliphatic hydroxyl groups excluding tert-OH is 1. The van der Waals surface area contributed by atoms with Crippen LogP contribution in [0.1, 0.15) is 79.1 Å². The number of carbonyl (C=O) groups excluding carboxylic acids is 1. The van der Waals surface area contributed by atoms with Crippen molar-refractivity contribution >= 4 is 5.91 Å². The molecule has 0 aromatic carbocycles. The molecule has 3 fully saturated rings. The fourth-order valence-corrected chi connectivity index (χ4v) is 7.80. The highest BCUT2D eigenvalue weighted by Crippen LogP contribution is 2.66. The average molecular weight is 374 g/mol. The van der Waals surface area contributed by atoms with Crippen molar-refractivity contribution in [3.63, 3.8) is 0 Å². The van der Waals surface area contributed by atoms with E-state index >= 15 is 0 Å². The molecular formula is C24H39NO2. The molecule has 7 atom stereocenters. The van der Waals surface area contributed by atoms with Gasteiger partial charge in [-0.3, -0.25) is 4.79 Å². The molecule has 3 nitrogen and oxygen atoms in total. The van der Waals surface area contributed by atoms with E-state index in [9.17, 15) is 9.90 Å². The van der Waals surface area contributed by atoms with Crippen LogP contribution in [0.2, 0.25) is 0 Å². The molecule has 1 amide bonds. The van der Waals surface area contributed by atoms with Crippen molar-refractivity contribution < 1.29 is 9.90 Å². The fraction of sp³-hybridized carbons (Fsp3) is 0.875. The molecule has 0 aromatic rings. The Morgan fingerprint density at radius 3 is 2.56 bits per heavy atom. The summed E-state index contributed by atoms with van der Waals surface area (Å²) in [7, 11) is 0. The van der Waals surface area contributed by atoms with E-state index in [2.05, 4.69) is 38.7 Å². The second-order valence-corrected chi connectivity index (χ2v) is 10.3. The van der Waals surface area contributed by atoms with Crippen molar-refractivity contribution in [2.75, 3.05) is 13.1 Å². The Hall–Kier alpha value is -0.830. The summed E-state index contributed by atoms with van der Waals surface area (Å²) in [6.45, 7) is 10.8. The zero-order valence-electron chi connectivity index (χ0n) is 17.8. The summed E-state index contributed by atoms with van der Waals surface area (Å²) in [5.74, 6) is 2.84. The minimum atomic E-state index is -0.128. The van der Waals surface area contributed by atoms with Gasteiger partial charge in [0.05, 0.1) is 6.10 Å². The summed E-state index contributed by atoms with van der Waals surface area (Å²) in [6.07, 6.45) is 11.3. The van der Waals surface area contributed by atoms with Gasteiger partial charge in [0.1, 0.15) is 0 Å². The number of hydrogen-bond acceptors (Lipinski definition) is 2. The molecule has 4 rings (SSSR count). The Morgan fingerprint density at radius 2 is 1.85 bits per heavy atom. The first-order valence-corrected chi connectivity index (χ1v) is 11.5. The van der Waals surface area contributed by atoms with Crippen LogP contribution in [-0.2, 0) is 4.79 Å². The highest BCUT2D eigenvalue weighted by Gasteiger charge is 2.60. The number of amides is 1. The largest absolute Gasteiger partial charge is 0.393 e. The third-order valence-corrected chi connectivity index (χ3v) is 9.45. The molecule has 3 saturated carbocycles. The van der Waals surface area contributed by atoms with E-state index in [1.807, 2.05) is 0 Å². The molecule has 0 radical (unpaired) electrons. The van der Waals surface area contributed by atoms with Crippen LogP contribution in [0.15, 0.2) is 11.6 Å². The Labute approximate surface area is 165 Å². The lowest BCUT2D eigenvalue weighted by atomic mass is 9.47. The summed E-state index contributed by atoms with van der Waals surface area (Å²) in [4.78, 5) is 15.3. The number of rotatable bonds is 3. The van der Waals surface area contributed by atoms with E-state index in [1.54, 1.807) is 5.57 Å². The highest BCUT2D eigenvalue weighted by molar-refractivity contribution is 5.80. The molecular weight excluding hydrogens is 334 g/mol.